The van der Waals surface area contributed by atoms with Gasteiger partial charge in [-0.2, -0.15) is 0 Å². The fraction of sp³-hybridized carbons (Fsp3) is 0.0667. The summed E-state index contributed by atoms with van der Waals surface area (Å²) in [4.78, 5) is 48.2. The zero-order chi connectivity index (χ0) is 27.1. The van der Waals surface area contributed by atoms with Crippen molar-refractivity contribution in [1.82, 2.24) is 0 Å². The summed E-state index contributed by atoms with van der Waals surface area (Å²) in [6.07, 6.45) is 0. The quantitative estimate of drug-likeness (QED) is 0.129. The van der Waals surface area contributed by atoms with Gasteiger partial charge >= 0.3 is 39.1 Å². The second-order valence-corrected chi connectivity index (χ2v) is 11.0. The van der Waals surface area contributed by atoms with Crippen molar-refractivity contribution >= 4 is 23.7 Å². The van der Waals surface area contributed by atoms with E-state index in [4.69, 9.17) is 14.2 Å². The lowest BCUT2D eigenvalue weighted by molar-refractivity contribution is -0.597. The van der Waals surface area contributed by atoms with Gasteiger partial charge in [0.1, 0.15) is 22.8 Å². The molecule has 0 unspecified atom stereocenters. The van der Waals surface area contributed by atoms with Crippen LogP contribution in [0.2, 0.25) is 0 Å². The van der Waals surface area contributed by atoms with Crippen molar-refractivity contribution in [2.45, 2.75) is 13.8 Å². The van der Waals surface area contributed by atoms with E-state index < -0.39 is 39.1 Å². The standard InChI is InChI=1S/C30H22IO7/c1-19(32)36-27-9-5-3-7-25(27)29(34)21-11-13-22(14-12-21)31-23-15-17-24(18-16-23)38-30(35)26-8-4-6-10-28(26)37-20(2)33/h3-18H,1-2H3/q+1. The molecule has 0 aliphatic rings. The molecule has 0 fully saturated rings. The lowest BCUT2D eigenvalue weighted by atomic mass is 10.0. The predicted molar refractivity (Wildman–Crippen MR) is 134 cm³/mol. The van der Waals surface area contributed by atoms with Crippen LogP contribution in [-0.4, -0.2) is 23.7 Å². The molecule has 0 heterocycles. The third-order valence-corrected chi connectivity index (χ3v) is 7.78. The maximum Gasteiger partial charge on any atom is 0.357 e. The SMILES string of the molecule is CC(=O)Oc1ccccc1C(=O)Oc1ccc([I+]c2ccc(C(=O)c3ccccc3OC(C)=O)cc2)cc1. The number of hydrogen-bond donors (Lipinski definition) is 0. The van der Waals surface area contributed by atoms with Crippen LogP contribution in [0, 0.1) is 7.14 Å². The highest BCUT2D eigenvalue weighted by molar-refractivity contribution is 6.10. The van der Waals surface area contributed by atoms with Crippen LogP contribution in [0.1, 0.15) is 40.1 Å². The van der Waals surface area contributed by atoms with Crippen LogP contribution < -0.4 is 35.4 Å². The van der Waals surface area contributed by atoms with Crippen LogP contribution in [0.5, 0.6) is 17.2 Å². The van der Waals surface area contributed by atoms with Crippen molar-refractivity contribution in [3.63, 3.8) is 0 Å². The van der Waals surface area contributed by atoms with Gasteiger partial charge in [0.05, 0.1) is 5.56 Å². The van der Waals surface area contributed by atoms with Gasteiger partial charge < -0.3 is 14.2 Å². The minimum Gasteiger partial charge on any atom is -0.426 e. The lowest BCUT2D eigenvalue weighted by Gasteiger charge is -2.08. The Morgan fingerprint density at radius 1 is 0.553 bits per heavy atom. The normalized spacial score (nSPS) is 10.4. The Labute approximate surface area is 229 Å². The van der Waals surface area contributed by atoms with Gasteiger partial charge in [-0.05, 0) is 72.8 Å². The van der Waals surface area contributed by atoms with Gasteiger partial charge in [0.25, 0.3) is 0 Å². The van der Waals surface area contributed by atoms with Crippen molar-refractivity contribution < 1.29 is 54.6 Å². The number of hydrogen-bond acceptors (Lipinski definition) is 7. The summed E-state index contributed by atoms with van der Waals surface area (Å²) in [6, 6.07) is 27.6. The van der Waals surface area contributed by atoms with E-state index in [1.165, 1.54) is 26.0 Å². The molecule has 0 aliphatic heterocycles. The first-order chi connectivity index (χ1) is 18.3. The maximum atomic E-state index is 13.0. The summed E-state index contributed by atoms with van der Waals surface area (Å²) >= 11 is -0.550. The summed E-state index contributed by atoms with van der Waals surface area (Å²) in [6.45, 7) is 2.56. The molecule has 0 atom stereocenters. The van der Waals surface area contributed by atoms with Crippen LogP contribution in [0.25, 0.3) is 0 Å². The van der Waals surface area contributed by atoms with Crippen LogP contribution in [0.4, 0.5) is 0 Å². The molecule has 0 saturated carbocycles. The van der Waals surface area contributed by atoms with E-state index in [9.17, 15) is 19.2 Å². The summed E-state index contributed by atoms with van der Waals surface area (Å²) in [5, 5.41) is 0. The zero-order valence-electron chi connectivity index (χ0n) is 20.5. The minimum absolute atomic E-state index is 0.143. The number of para-hydroxylation sites is 2. The maximum absolute atomic E-state index is 13.0. The molecule has 4 aromatic carbocycles. The molecule has 0 amide bonds. The lowest BCUT2D eigenvalue weighted by Crippen LogP contribution is -3.61. The average Bonchev–Trinajstić information content (AvgIpc) is 2.90. The van der Waals surface area contributed by atoms with Gasteiger partial charge in [-0.3, -0.25) is 14.4 Å². The van der Waals surface area contributed by atoms with E-state index in [0.717, 1.165) is 7.14 Å². The van der Waals surface area contributed by atoms with Gasteiger partial charge in [-0.15, -0.1) is 0 Å². The first-order valence-corrected chi connectivity index (χ1v) is 13.6. The number of carbonyl (C=O) groups is 4. The van der Waals surface area contributed by atoms with Crippen molar-refractivity contribution in [2.24, 2.45) is 0 Å². The Kier molecular flexibility index (Phi) is 8.65. The van der Waals surface area contributed by atoms with E-state index in [1.807, 2.05) is 24.3 Å². The van der Waals surface area contributed by atoms with Crippen LogP contribution in [0.15, 0.2) is 97.1 Å². The number of ether oxygens (including phenoxy) is 3. The predicted octanol–water partition coefficient (Wildman–Crippen LogP) is 2.12. The molecule has 0 radical (unpaired) electrons. The molecule has 190 valence electrons. The zero-order valence-corrected chi connectivity index (χ0v) is 22.6. The van der Waals surface area contributed by atoms with Gasteiger partial charge in [-0.25, -0.2) is 4.79 Å². The van der Waals surface area contributed by atoms with Crippen molar-refractivity contribution in [3.8, 4) is 17.2 Å². The molecule has 0 aliphatic carbocycles. The van der Waals surface area contributed by atoms with Crippen LogP contribution in [-0.2, 0) is 9.59 Å². The Morgan fingerprint density at radius 3 is 1.58 bits per heavy atom. The summed E-state index contributed by atoms with van der Waals surface area (Å²) in [5.74, 6) is -1.12. The number of rotatable bonds is 8. The Morgan fingerprint density at radius 2 is 1.03 bits per heavy atom. The molecule has 0 bridgehead atoms. The summed E-state index contributed by atoms with van der Waals surface area (Å²) < 4.78 is 17.9. The monoisotopic (exact) mass is 621 g/mol. The molecule has 4 aromatic rings. The Hall–Kier alpha value is -4.31. The molecule has 7 nitrogen and oxygen atoms in total. The number of carbonyl (C=O) groups excluding carboxylic acids is 4. The Bertz CT molecular complexity index is 1490. The number of ketones is 1. The van der Waals surface area contributed by atoms with Gasteiger partial charge in [-0.1, -0.05) is 24.3 Å². The van der Waals surface area contributed by atoms with Gasteiger partial charge in [0, 0.05) is 19.4 Å². The smallest absolute Gasteiger partial charge is 0.357 e. The molecule has 0 aromatic heterocycles. The first-order valence-electron chi connectivity index (χ1n) is 11.5. The third kappa shape index (κ3) is 6.92. The van der Waals surface area contributed by atoms with Gasteiger partial charge in [0.15, 0.2) is 12.9 Å². The third-order valence-electron chi connectivity index (χ3n) is 5.09. The summed E-state index contributed by atoms with van der Waals surface area (Å²) in [7, 11) is 0. The molecular weight excluding hydrogens is 599 g/mol. The van der Waals surface area contributed by atoms with Crippen LogP contribution in [0.3, 0.4) is 0 Å². The van der Waals surface area contributed by atoms with Crippen molar-refractivity contribution in [1.29, 1.82) is 0 Å². The molecule has 4 rings (SSSR count). The van der Waals surface area contributed by atoms with E-state index in [1.54, 1.807) is 60.7 Å². The van der Waals surface area contributed by atoms with E-state index >= 15 is 0 Å². The second kappa shape index (κ2) is 12.3. The molecule has 0 N–H and O–H groups in total. The largest absolute Gasteiger partial charge is 0.426 e. The molecule has 8 heteroatoms. The number of halogens is 1. The van der Waals surface area contributed by atoms with Crippen LogP contribution >= 0.6 is 0 Å². The van der Waals surface area contributed by atoms with Crippen molar-refractivity contribution in [3.05, 3.63) is 121 Å². The molecule has 38 heavy (non-hydrogen) atoms. The molecule has 0 spiro atoms. The van der Waals surface area contributed by atoms with Crippen molar-refractivity contribution in [2.75, 3.05) is 0 Å². The molecular formula is C30H22IO7+. The summed E-state index contributed by atoms with van der Waals surface area (Å²) in [5.41, 5.74) is 0.976. The van der Waals surface area contributed by atoms with Gasteiger partial charge in [0.2, 0.25) is 0 Å². The highest BCUT2D eigenvalue weighted by Gasteiger charge is 2.20. The van der Waals surface area contributed by atoms with E-state index in [2.05, 4.69) is 0 Å². The fourth-order valence-electron chi connectivity index (χ4n) is 3.45. The number of esters is 3. The minimum atomic E-state index is -0.625. The second-order valence-electron chi connectivity index (χ2n) is 7.95. The van der Waals surface area contributed by atoms with E-state index in [-0.39, 0.29) is 22.8 Å². The number of benzene rings is 4. The highest BCUT2D eigenvalue weighted by atomic mass is 127. The average molecular weight is 621 g/mol. The van der Waals surface area contributed by atoms with E-state index in [0.29, 0.717) is 16.9 Å². The highest BCUT2D eigenvalue weighted by Crippen LogP contribution is 2.22. The molecule has 0 saturated heterocycles. The Balaban J connectivity index is 1.41. The topological polar surface area (TPSA) is 96.0 Å². The fourth-order valence-corrected chi connectivity index (χ4v) is 5.61. The first kappa shape index (κ1) is 26.7.